The van der Waals surface area contributed by atoms with Gasteiger partial charge in [0.2, 0.25) is 17.5 Å². The van der Waals surface area contributed by atoms with E-state index in [1.165, 1.54) is 14.2 Å². The zero-order chi connectivity index (χ0) is 25.9. The molecule has 0 unspecified atom stereocenters. The highest BCUT2D eigenvalue weighted by molar-refractivity contribution is 5.72. The van der Waals surface area contributed by atoms with Crippen molar-refractivity contribution >= 4 is 0 Å². The van der Waals surface area contributed by atoms with Gasteiger partial charge in [-0.1, -0.05) is 30.3 Å². The van der Waals surface area contributed by atoms with E-state index in [0.29, 0.717) is 29.2 Å². The fourth-order valence-electron chi connectivity index (χ4n) is 4.34. The number of hydrogen-bond donors (Lipinski definition) is 3. The van der Waals surface area contributed by atoms with Gasteiger partial charge in [0.15, 0.2) is 11.5 Å². The Kier molecular flexibility index (Phi) is 6.31. The van der Waals surface area contributed by atoms with Crippen LogP contribution < -0.4 is 24.7 Å². The molecule has 0 bridgehead atoms. The highest BCUT2D eigenvalue weighted by Crippen LogP contribution is 2.49. The summed E-state index contributed by atoms with van der Waals surface area (Å²) in [6.07, 6.45) is 0. The molecule has 9 heteroatoms. The lowest BCUT2D eigenvalue weighted by Crippen LogP contribution is -2.21. The molecule has 4 aromatic rings. The number of phenolic OH excluding ortho intramolecular Hbond substituents is 1. The van der Waals surface area contributed by atoms with Crippen molar-refractivity contribution in [3.8, 4) is 46.2 Å². The van der Waals surface area contributed by atoms with E-state index in [0.717, 1.165) is 11.1 Å². The standard InChI is InChI=1S/C28H24N4O5/c1-34-21-12-18(13-22(35-2)26(21)33)23-20(14-29)27(30)37-28-24(23)25(31-32-28)17-8-10-19(11-9-17)36-15-16-6-4-3-5-7-16/h3-13,23,33H,15,30H2,1-2H3,(H,31,32)/t23-/m1/s1. The molecule has 1 atom stereocenters. The topological polar surface area (TPSA) is 136 Å². The lowest BCUT2D eigenvalue weighted by atomic mass is 9.82. The van der Waals surface area contributed by atoms with E-state index in [1.54, 1.807) is 12.1 Å². The third-order valence-electron chi connectivity index (χ3n) is 6.17. The van der Waals surface area contributed by atoms with Crippen LogP contribution in [0.3, 0.4) is 0 Å². The van der Waals surface area contributed by atoms with Crippen LogP contribution in [0.25, 0.3) is 11.3 Å². The second-order valence-corrected chi connectivity index (χ2v) is 8.31. The van der Waals surface area contributed by atoms with Gasteiger partial charge in [-0.2, -0.15) is 5.26 Å². The van der Waals surface area contributed by atoms with Gasteiger partial charge in [0.25, 0.3) is 0 Å². The maximum Gasteiger partial charge on any atom is 0.244 e. The number of aromatic hydroxyl groups is 1. The molecular formula is C28H24N4O5. The van der Waals surface area contributed by atoms with Crippen molar-refractivity contribution < 1.29 is 24.1 Å². The molecule has 186 valence electrons. The highest BCUT2D eigenvalue weighted by atomic mass is 16.5. The van der Waals surface area contributed by atoms with Gasteiger partial charge in [-0.3, -0.25) is 5.10 Å². The number of aromatic nitrogens is 2. The summed E-state index contributed by atoms with van der Waals surface area (Å²) in [5.74, 6) is 0.519. The number of rotatable bonds is 7. The van der Waals surface area contributed by atoms with Crippen molar-refractivity contribution in [1.82, 2.24) is 10.2 Å². The quantitative estimate of drug-likeness (QED) is 0.338. The molecule has 1 aliphatic heterocycles. The zero-order valence-electron chi connectivity index (χ0n) is 20.2. The number of nitrogens with one attached hydrogen (secondary N) is 1. The van der Waals surface area contributed by atoms with Gasteiger partial charge in [0.1, 0.15) is 24.0 Å². The molecule has 1 aromatic heterocycles. The minimum atomic E-state index is -0.653. The Hall–Kier alpha value is -5.10. The van der Waals surface area contributed by atoms with E-state index in [4.69, 9.17) is 24.7 Å². The van der Waals surface area contributed by atoms with E-state index in [2.05, 4.69) is 16.3 Å². The SMILES string of the molecule is COc1cc([C@@H]2C(C#N)=C(N)Oc3n[nH]c(-c4ccc(OCc5ccccc5)cc4)c32)cc(OC)c1O. The molecule has 0 saturated carbocycles. The number of benzene rings is 3. The lowest BCUT2D eigenvalue weighted by molar-refractivity contribution is 0.306. The molecule has 9 nitrogen and oxygen atoms in total. The maximum atomic E-state index is 10.4. The number of nitrogens with zero attached hydrogens (tertiary/aromatic N) is 2. The first-order chi connectivity index (χ1) is 18.0. The molecule has 5 rings (SSSR count). The first-order valence-electron chi connectivity index (χ1n) is 11.4. The number of ether oxygens (including phenoxy) is 4. The molecule has 0 aliphatic carbocycles. The molecule has 3 aromatic carbocycles. The number of aromatic amines is 1. The Morgan fingerprint density at radius 3 is 2.35 bits per heavy atom. The summed E-state index contributed by atoms with van der Waals surface area (Å²) in [5, 5.41) is 27.7. The summed E-state index contributed by atoms with van der Waals surface area (Å²) in [4.78, 5) is 0. The van der Waals surface area contributed by atoms with Crippen molar-refractivity contribution in [3.63, 3.8) is 0 Å². The van der Waals surface area contributed by atoms with Crippen LogP contribution in [-0.2, 0) is 6.61 Å². The van der Waals surface area contributed by atoms with Crippen molar-refractivity contribution in [2.45, 2.75) is 12.5 Å². The largest absolute Gasteiger partial charge is 0.502 e. The van der Waals surface area contributed by atoms with E-state index in [-0.39, 0.29) is 34.6 Å². The Morgan fingerprint density at radius 1 is 1.05 bits per heavy atom. The summed E-state index contributed by atoms with van der Waals surface area (Å²) < 4.78 is 22.3. The zero-order valence-corrected chi connectivity index (χ0v) is 20.2. The molecular weight excluding hydrogens is 472 g/mol. The van der Waals surface area contributed by atoms with Crippen molar-refractivity contribution in [2.75, 3.05) is 14.2 Å². The van der Waals surface area contributed by atoms with Crippen molar-refractivity contribution in [2.24, 2.45) is 5.73 Å². The number of methoxy groups -OCH3 is 2. The maximum absolute atomic E-state index is 10.4. The predicted octanol–water partition coefficient (Wildman–Crippen LogP) is 4.60. The number of allylic oxidation sites excluding steroid dienone is 1. The summed E-state index contributed by atoms with van der Waals surface area (Å²) in [6, 6.07) is 22.9. The van der Waals surface area contributed by atoms with Crippen LogP contribution in [0.1, 0.15) is 22.6 Å². The van der Waals surface area contributed by atoms with Gasteiger partial charge in [-0.05, 0) is 47.5 Å². The smallest absolute Gasteiger partial charge is 0.244 e. The number of fused-ring (bicyclic) bond motifs is 1. The molecule has 2 heterocycles. The average molecular weight is 497 g/mol. The van der Waals surface area contributed by atoms with Gasteiger partial charge in [0, 0.05) is 5.56 Å². The molecule has 0 spiro atoms. The number of nitriles is 1. The average Bonchev–Trinajstić information content (AvgIpc) is 3.35. The molecule has 1 aliphatic rings. The monoisotopic (exact) mass is 496 g/mol. The van der Waals surface area contributed by atoms with Crippen molar-refractivity contribution in [3.05, 3.63) is 94.9 Å². The molecule has 0 saturated heterocycles. The van der Waals surface area contributed by atoms with Gasteiger partial charge < -0.3 is 29.8 Å². The normalized spacial score (nSPS) is 14.4. The summed E-state index contributed by atoms with van der Waals surface area (Å²) in [7, 11) is 2.88. The Balaban J connectivity index is 1.54. The molecule has 0 fully saturated rings. The highest BCUT2D eigenvalue weighted by Gasteiger charge is 2.36. The summed E-state index contributed by atoms with van der Waals surface area (Å²) in [5.41, 5.74) is 10.1. The fraction of sp³-hybridized carbons (Fsp3) is 0.143. The van der Waals surface area contributed by atoms with Crippen LogP contribution in [0.4, 0.5) is 0 Å². The molecule has 0 radical (unpaired) electrons. The Labute approximate surface area is 213 Å². The lowest BCUT2D eigenvalue weighted by Gasteiger charge is -2.25. The van der Waals surface area contributed by atoms with E-state index >= 15 is 0 Å². The van der Waals surface area contributed by atoms with Crippen LogP contribution in [-0.4, -0.2) is 29.5 Å². The van der Waals surface area contributed by atoms with Crippen LogP contribution >= 0.6 is 0 Å². The van der Waals surface area contributed by atoms with E-state index in [9.17, 15) is 10.4 Å². The minimum absolute atomic E-state index is 0.0475. The number of nitrogens with two attached hydrogens (primary N) is 1. The van der Waals surface area contributed by atoms with E-state index < -0.39 is 5.92 Å². The van der Waals surface area contributed by atoms with Crippen LogP contribution in [0.15, 0.2) is 78.2 Å². The predicted molar refractivity (Wildman–Crippen MR) is 135 cm³/mol. The minimum Gasteiger partial charge on any atom is -0.502 e. The second kappa shape index (κ2) is 9.87. The van der Waals surface area contributed by atoms with E-state index in [1.807, 2.05) is 54.6 Å². The van der Waals surface area contributed by atoms with Gasteiger partial charge >= 0.3 is 0 Å². The van der Waals surface area contributed by atoms with Crippen LogP contribution in [0.2, 0.25) is 0 Å². The first kappa shape index (κ1) is 23.6. The molecule has 0 amide bonds. The fourth-order valence-corrected chi connectivity index (χ4v) is 4.34. The second-order valence-electron chi connectivity index (χ2n) is 8.31. The van der Waals surface area contributed by atoms with Gasteiger partial charge in [-0.15, -0.1) is 5.10 Å². The third kappa shape index (κ3) is 4.36. The first-order valence-corrected chi connectivity index (χ1v) is 11.4. The third-order valence-corrected chi connectivity index (χ3v) is 6.17. The number of phenols is 1. The Bertz CT molecular complexity index is 1480. The van der Waals surface area contributed by atoms with Gasteiger partial charge in [-0.25, -0.2) is 0 Å². The molecule has 37 heavy (non-hydrogen) atoms. The van der Waals surface area contributed by atoms with Crippen LogP contribution in [0.5, 0.6) is 28.9 Å². The molecule has 4 N–H and O–H groups in total. The van der Waals surface area contributed by atoms with Crippen molar-refractivity contribution in [1.29, 1.82) is 5.26 Å². The van der Waals surface area contributed by atoms with Crippen LogP contribution in [0, 0.1) is 11.3 Å². The number of hydrogen-bond acceptors (Lipinski definition) is 8. The summed E-state index contributed by atoms with van der Waals surface area (Å²) >= 11 is 0. The summed E-state index contributed by atoms with van der Waals surface area (Å²) in [6.45, 7) is 0.454. The number of H-pyrrole nitrogens is 1. The van der Waals surface area contributed by atoms with Gasteiger partial charge in [0.05, 0.1) is 31.4 Å². The Morgan fingerprint density at radius 2 is 1.73 bits per heavy atom.